The van der Waals surface area contributed by atoms with Crippen LogP contribution in [0.3, 0.4) is 0 Å². The van der Waals surface area contributed by atoms with Crippen LogP contribution in [0.4, 0.5) is 0 Å². The van der Waals surface area contributed by atoms with Crippen LogP contribution in [0, 0.1) is 0 Å². The summed E-state index contributed by atoms with van der Waals surface area (Å²) in [5.74, 6) is 1.88. The van der Waals surface area contributed by atoms with Crippen LogP contribution in [-0.2, 0) is 0 Å². The third-order valence-electron chi connectivity index (χ3n) is 12.6. The number of hydrogen-bond acceptors (Lipinski definition) is 3. The summed E-state index contributed by atoms with van der Waals surface area (Å²) in [5.41, 5.74) is 12.1. The number of hydrogen-bond donors (Lipinski definition) is 0. The second-order valence-electron chi connectivity index (χ2n) is 16.3. The molecule has 0 amide bonds. The van der Waals surface area contributed by atoms with Gasteiger partial charge in [0.05, 0.1) is 0 Å². The predicted molar refractivity (Wildman–Crippen MR) is 268 cm³/mol. The van der Waals surface area contributed by atoms with Gasteiger partial charge in [0, 0.05) is 16.7 Å². The first-order valence-corrected chi connectivity index (χ1v) is 21.8. The molecule has 0 atom stereocenters. The fraction of sp³-hybridized carbons (Fsp3) is 0. The minimum atomic E-state index is 0.625. The summed E-state index contributed by atoms with van der Waals surface area (Å²) in [6.45, 7) is 0. The molecule has 0 aliphatic heterocycles. The molecule has 11 aromatic carbocycles. The van der Waals surface area contributed by atoms with Crippen molar-refractivity contribution >= 4 is 43.1 Å². The molecule has 12 rings (SSSR count). The molecule has 0 unspecified atom stereocenters. The van der Waals surface area contributed by atoms with Gasteiger partial charge in [-0.05, 0) is 99.7 Å². The van der Waals surface area contributed by atoms with Crippen LogP contribution in [-0.4, -0.2) is 15.0 Å². The molecule has 0 aliphatic carbocycles. The van der Waals surface area contributed by atoms with Gasteiger partial charge in [0.25, 0.3) is 0 Å². The molecule has 298 valence electrons. The van der Waals surface area contributed by atoms with Crippen molar-refractivity contribution < 1.29 is 0 Å². The normalized spacial score (nSPS) is 11.4. The Bertz CT molecular complexity index is 3690. The van der Waals surface area contributed by atoms with Crippen molar-refractivity contribution in [3.05, 3.63) is 237 Å². The van der Waals surface area contributed by atoms with Crippen LogP contribution in [0.1, 0.15) is 0 Å². The first-order chi connectivity index (χ1) is 31.7. The molecule has 1 aromatic heterocycles. The topological polar surface area (TPSA) is 38.7 Å². The molecule has 64 heavy (non-hydrogen) atoms. The predicted octanol–water partition coefficient (Wildman–Crippen LogP) is 16.2. The van der Waals surface area contributed by atoms with Gasteiger partial charge in [-0.15, -0.1) is 0 Å². The third kappa shape index (κ3) is 6.59. The summed E-state index contributed by atoms with van der Waals surface area (Å²) in [6.07, 6.45) is 0. The zero-order valence-electron chi connectivity index (χ0n) is 34.9. The molecule has 1 heterocycles. The van der Waals surface area contributed by atoms with Crippen LogP contribution in [0.2, 0.25) is 0 Å². The first-order valence-electron chi connectivity index (χ1n) is 21.8. The minimum absolute atomic E-state index is 0.625. The number of aromatic nitrogens is 3. The summed E-state index contributed by atoms with van der Waals surface area (Å²) < 4.78 is 0. The van der Waals surface area contributed by atoms with Gasteiger partial charge in [0.2, 0.25) is 0 Å². The van der Waals surface area contributed by atoms with Crippen molar-refractivity contribution in [2.75, 3.05) is 0 Å². The molecule has 0 saturated carbocycles. The van der Waals surface area contributed by atoms with E-state index in [2.05, 4.69) is 224 Å². The van der Waals surface area contributed by atoms with Crippen molar-refractivity contribution in [1.82, 2.24) is 15.0 Å². The molecule has 0 radical (unpaired) electrons. The van der Waals surface area contributed by atoms with Gasteiger partial charge < -0.3 is 0 Å². The highest BCUT2D eigenvalue weighted by molar-refractivity contribution is 6.20. The Kier molecular flexibility index (Phi) is 9.16. The first kappa shape index (κ1) is 37.2. The van der Waals surface area contributed by atoms with Gasteiger partial charge in [-0.25, -0.2) is 15.0 Å². The molecular weight excluding hydrogens is 775 g/mol. The van der Waals surface area contributed by atoms with Crippen LogP contribution < -0.4 is 0 Å². The third-order valence-corrected chi connectivity index (χ3v) is 12.6. The SMILES string of the molecule is c1ccc(-c2ccc(-c3nc(-c4ccccc4-c4ccccc4)nc(-c4ccc(-c5ccc(-c6c7ccccc7cc7c6ccc6ccccc67)cc5)c5ccccc45)n3)cc2)cc1. The molecule has 3 heteroatoms. The fourth-order valence-corrected chi connectivity index (χ4v) is 9.43. The molecule has 0 N–H and O–H groups in total. The van der Waals surface area contributed by atoms with E-state index in [0.717, 1.165) is 55.3 Å². The molecule has 0 saturated heterocycles. The lowest BCUT2D eigenvalue weighted by Crippen LogP contribution is -2.01. The summed E-state index contributed by atoms with van der Waals surface area (Å²) in [6, 6.07) is 84.2. The molecule has 0 bridgehead atoms. The van der Waals surface area contributed by atoms with Crippen molar-refractivity contribution in [3.63, 3.8) is 0 Å². The Labute approximate surface area is 371 Å². The lowest BCUT2D eigenvalue weighted by Gasteiger charge is -2.16. The number of rotatable bonds is 7. The van der Waals surface area contributed by atoms with E-state index in [9.17, 15) is 0 Å². The Balaban J connectivity index is 0.988. The molecule has 0 fully saturated rings. The Morgan fingerprint density at radius 3 is 1.41 bits per heavy atom. The molecule has 12 aromatic rings. The largest absolute Gasteiger partial charge is 0.208 e. The molecule has 3 nitrogen and oxygen atoms in total. The maximum Gasteiger partial charge on any atom is 0.164 e. The summed E-state index contributed by atoms with van der Waals surface area (Å²) in [7, 11) is 0. The monoisotopic (exact) mass is 813 g/mol. The van der Waals surface area contributed by atoms with E-state index in [4.69, 9.17) is 15.0 Å². The van der Waals surface area contributed by atoms with E-state index in [1.807, 2.05) is 12.1 Å². The summed E-state index contributed by atoms with van der Waals surface area (Å²) in [5, 5.41) is 9.76. The van der Waals surface area contributed by atoms with Crippen LogP contribution in [0.5, 0.6) is 0 Å². The van der Waals surface area contributed by atoms with Crippen molar-refractivity contribution in [1.29, 1.82) is 0 Å². The number of fused-ring (bicyclic) bond motifs is 5. The molecular formula is C61H39N3. The van der Waals surface area contributed by atoms with Gasteiger partial charge in [0.1, 0.15) is 0 Å². The van der Waals surface area contributed by atoms with E-state index in [1.54, 1.807) is 0 Å². The van der Waals surface area contributed by atoms with Crippen molar-refractivity contribution in [3.8, 4) is 78.7 Å². The smallest absolute Gasteiger partial charge is 0.164 e. The highest BCUT2D eigenvalue weighted by Gasteiger charge is 2.19. The Hall–Kier alpha value is -8.53. The van der Waals surface area contributed by atoms with Gasteiger partial charge >= 0.3 is 0 Å². The summed E-state index contributed by atoms with van der Waals surface area (Å²) in [4.78, 5) is 15.7. The lowest BCUT2D eigenvalue weighted by molar-refractivity contribution is 1.08. The quantitative estimate of drug-likeness (QED) is 0.119. The maximum absolute atomic E-state index is 5.29. The van der Waals surface area contributed by atoms with Crippen molar-refractivity contribution in [2.24, 2.45) is 0 Å². The van der Waals surface area contributed by atoms with E-state index in [-0.39, 0.29) is 0 Å². The zero-order valence-corrected chi connectivity index (χ0v) is 34.9. The van der Waals surface area contributed by atoms with E-state index >= 15 is 0 Å². The van der Waals surface area contributed by atoms with E-state index < -0.39 is 0 Å². The van der Waals surface area contributed by atoms with E-state index in [0.29, 0.717) is 17.5 Å². The maximum atomic E-state index is 5.29. The van der Waals surface area contributed by atoms with Crippen LogP contribution in [0.25, 0.3) is 122 Å². The fourth-order valence-electron chi connectivity index (χ4n) is 9.43. The standard InChI is InChI=1S/C61H39N3/c1-3-15-40(16-4-1)41-27-33-46(34-28-41)59-62-60(55-26-14-11-21-48(55)42-17-5-2-6-18-42)64-61(63-59)56-38-37-50(52-24-12-13-25-53(52)56)44-29-31-45(32-30-44)58-51-23-10-8-20-47(51)39-57-49-22-9-7-19-43(49)35-36-54(57)58/h1-39H. The highest BCUT2D eigenvalue weighted by atomic mass is 15.0. The van der Waals surface area contributed by atoms with Gasteiger partial charge in [-0.1, -0.05) is 224 Å². The minimum Gasteiger partial charge on any atom is -0.208 e. The molecule has 0 spiro atoms. The Morgan fingerprint density at radius 2 is 0.672 bits per heavy atom. The number of nitrogens with zero attached hydrogens (tertiary/aromatic N) is 3. The average molecular weight is 814 g/mol. The van der Waals surface area contributed by atoms with E-state index in [1.165, 1.54) is 49.0 Å². The van der Waals surface area contributed by atoms with Gasteiger partial charge in [0.15, 0.2) is 17.5 Å². The van der Waals surface area contributed by atoms with Gasteiger partial charge in [-0.3, -0.25) is 0 Å². The lowest BCUT2D eigenvalue weighted by atomic mass is 9.88. The zero-order chi connectivity index (χ0) is 42.4. The highest BCUT2D eigenvalue weighted by Crippen LogP contribution is 2.42. The van der Waals surface area contributed by atoms with Crippen molar-refractivity contribution in [2.45, 2.75) is 0 Å². The van der Waals surface area contributed by atoms with Crippen LogP contribution in [0.15, 0.2) is 237 Å². The van der Waals surface area contributed by atoms with Crippen LogP contribution >= 0.6 is 0 Å². The molecule has 0 aliphatic rings. The Morgan fingerprint density at radius 1 is 0.203 bits per heavy atom. The summed E-state index contributed by atoms with van der Waals surface area (Å²) >= 11 is 0. The second kappa shape index (κ2) is 15.7. The van der Waals surface area contributed by atoms with Gasteiger partial charge in [-0.2, -0.15) is 0 Å². The number of benzene rings is 11. The second-order valence-corrected chi connectivity index (χ2v) is 16.3. The average Bonchev–Trinajstić information content (AvgIpc) is 3.38.